The lowest BCUT2D eigenvalue weighted by molar-refractivity contribution is 0.0600. The summed E-state index contributed by atoms with van der Waals surface area (Å²) in [6, 6.07) is 10.6. The monoisotopic (exact) mass is 420 g/mol. The predicted octanol–water partition coefficient (Wildman–Crippen LogP) is 2.33. The molecule has 8 nitrogen and oxygen atoms in total. The summed E-state index contributed by atoms with van der Waals surface area (Å²) in [6.07, 6.45) is 1.46. The smallest absolute Gasteiger partial charge is 0.339 e. The Morgan fingerprint density at radius 1 is 1.10 bits per heavy atom. The third-order valence-corrected chi connectivity index (χ3v) is 4.57. The van der Waals surface area contributed by atoms with E-state index in [0.717, 1.165) is 24.5 Å². The molecule has 1 N–H and O–H groups in total. The first-order valence-electron chi connectivity index (χ1n) is 9.07. The number of ether oxygens (including phenoxy) is 2. The number of hydrogen-bond acceptors (Lipinski definition) is 6. The van der Waals surface area contributed by atoms with Gasteiger partial charge >= 0.3 is 12.0 Å². The molecule has 0 spiro atoms. The Kier molecular flexibility index (Phi) is 8.23. The van der Waals surface area contributed by atoms with Crippen LogP contribution in [0.15, 0.2) is 42.6 Å². The standard InChI is InChI=1S/C20H24N4O4.ClH/c1-27-18-7-5-17(6-8-18)24(20(26)23-11-9-21-10-12-23)14-16-4-3-15(13-22-16)19(25)28-2;/h3-8,13,21H,9-12,14H2,1-2H3;1H. The second kappa shape index (κ2) is 10.6. The number of carbonyl (C=O) groups is 2. The van der Waals surface area contributed by atoms with Crippen molar-refractivity contribution < 1.29 is 19.1 Å². The molecule has 1 saturated heterocycles. The molecular formula is C20H25ClN4O4. The van der Waals surface area contributed by atoms with Crippen molar-refractivity contribution in [1.29, 1.82) is 0 Å². The number of amides is 2. The normalized spacial score (nSPS) is 13.2. The van der Waals surface area contributed by atoms with E-state index in [-0.39, 0.29) is 25.0 Å². The van der Waals surface area contributed by atoms with E-state index < -0.39 is 5.97 Å². The number of benzene rings is 1. The van der Waals surface area contributed by atoms with E-state index >= 15 is 0 Å². The van der Waals surface area contributed by atoms with Crippen molar-refractivity contribution in [3.63, 3.8) is 0 Å². The predicted molar refractivity (Wildman–Crippen MR) is 112 cm³/mol. The van der Waals surface area contributed by atoms with Crippen molar-refractivity contribution in [2.45, 2.75) is 6.54 Å². The maximum Gasteiger partial charge on any atom is 0.339 e. The van der Waals surface area contributed by atoms with Crippen molar-refractivity contribution in [2.24, 2.45) is 0 Å². The molecule has 0 aliphatic carbocycles. The number of urea groups is 1. The minimum absolute atomic E-state index is 0. The first-order chi connectivity index (χ1) is 13.6. The number of rotatable bonds is 5. The van der Waals surface area contributed by atoms with Gasteiger partial charge in [0.1, 0.15) is 5.75 Å². The third-order valence-electron chi connectivity index (χ3n) is 4.57. The molecule has 0 bridgehead atoms. The number of methoxy groups -OCH3 is 2. The number of piperazine rings is 1. The number of nitrogens with one attached hydrogen (secondary N) is 1. The fourth-order valence-electron chi connectivity index (χ4n) is 2.98. The van der Waals surface area contributed by atoms with Crippen LogP contribution in [0.25, 0.3) is 0 Å². The molecule has 1 fully saturated rings. The molecule has 9 heteroatoms. The van der Waals surface area contributed by atoms with E-state index in [4.69, 9.17) is 9.47 Å². The van der Waals surface area contributed by atoms with Crippen molar-refractivity contribution in [1.82, 2.24) is 15.2 Å². The van der Waals surface area contributed by atoms with E-state index in [1.165, 1.54) is 13.3 Å². The summed E-state index contributed by atoms with van der Waals surface area (Å²) < 4.78 is 9.91. The van der Waals surface area contributed by atoms with E-state index in [0.29, 0.717) is 24.3 Å². The lowest BCUT2D eigenvalue weighted by atomic mass is 10.2. The lowest BCUT2D eigenvalue weighted by Gasteiger charge is -2.33. The molecular weight excluding hydrogens is 396 g/mol. The Hall–Kier alpha value is -2.84. The second-order valence-electron chi connectivity index (χ2n) is 6.33. The Morgan fingerprint density at radius 3 is 2.34 bits per heavy atom. The first kappa shape index (κ1) is 22.4. The number of aromatic nitrogens is 1. The molecule has 2 heterocycles. The van der Waals surface area contributed by atoms with Crippen LogP contribution in [-0.2, 0) is 11.3 Å². The molecule has 2 aromatic rings. The van der Waals surface area contributed by atoms with Crippen LogP contribution in [0, 0.1) is 0 Å². The van der Waals surface area contributed by atoms with Crippen LogP contribution in [0.3, 0.4) is 0 Å². The zero-order chi connectivity index (χ0) is 19.9. The SMILES string of the molecule is COC(=O)c1ccc(CN(C(=O)N2CCNCC2)c2ccc(OC)cc2)nc1.Cl. The molecule has 0 radical (unpaired) electrons. The van der Waals surface area contributed by atoms with Crippen LogP contribution in [0.2, 0.25) is 0 Å². The Morgan fingerprint density at radius 2 is 1.79 bits per heavy atom. The Bertz CT molecular complexity index is 808. The highest BCUT2D eigenvalue weighted by Gasteiger charge is 2.24. The number of pyridine rings is 1. The number of nitrogens with zero attached hydrogens (tertiary/aromatic N) is 3. The quantitative estimate of drug-likeness (QED) is 0.747. The van der Waals surface area contributed by atoms with Gasteiger partial charge in [0, 0.05) is 38.1 Å². The minimum atomic E-state index is -0.442. The van der Waals surface area contributed by atoms with E-state index in [9.17, 15) is 9.59 Å². The van der Waals surface area contributed by atoms with Gasteiger partial charge in [0.2, 0.25) is 0 Å². The molecule has 3 rings (SSSR count). The number of esters is 1. The van der Waals surface area contributed by atoms with Gasteiger partial charge < -0.3 is 19.7 Å². The Balaban J connectivity index is 0.00000300. The van der Waals surface area contributed by atoms with E-state index in [1.54, 1.807) is 24.1 Å². The summed E-state index contributed by atoms with van der Waals surface area (Å²) in [4.78, 5) is 32.6. The van der Waals surface area contributed by atoms with Crippen molar-refractivity contribution in [3.8, 4) is 5.75 Å². The highest BCUT2D eigenvalue weighted by molar-refractivity contribution is 5.92. The summed E-state index contributed by atoms with van der Waals surface area (Å²) in [5.74, 6) is 0.279. The van der Waals surface area contributed by atoms with Gasteiger partial charge in [-0.05, 0) is 36.4 Å². The maximum atomic E-state index is 13.2. The third kappa shape index (κ3) is 5.58. The molecule has 156 valence electrons. The zero-order valence-electron chi connectivity index (χ0n) is 16.5. The number of halogens is 1. The van der Waals surface area contributed by atoms with Gasteiger partial charge in [0.05, 0.1) is 32.0 Å². The average molecular weight is 421 g/mol. The highest BCUT2D eigenvalue weighted by Crippen LogP contribution is 2.22. The average Bonchev–Trinajstić information content (AvgIpc) is 2.77. The molecule has 2 amide bonds. The van der Waals surface area contributed by atoms with Crippen LogP contribution >= 0.6 is 12.4 Å². The highest BCUT2D eigenvalue weighted by atomic mass is 35.5. The first-order valence-corrected chi connectivity index (χ1v) is 9.07. The molecule has 1 aromatic heterocycles. The number of hydrogen-bond donors (Lipinski definition) is 1. The number of carbonyl (C=O) groups excluding carboxylic acids is 2. The molecule has 1 aliphatic rings. The summed E-state index contributed by atoms with van der Waals surface area (Å²) in [7, 11) is 2.93. The van der Waals surface area contributed by atoms with Crippen LogP contribution in [-0.4, -0.2) is 62.3 Å². The molecule has 1 aromatic carbocycles. The molecule has 0 saturated carbocycles. The van der Waals surface area contributed by atoms with Crippen LogP contribution in [0.5, 0.6) is 5.75 Å². The molecule has 1 aliphatic heterocycles. The van der Waals surface area contributed by atoms with Crippen LogP contribution < -0.4 is 15.0 Å². The van der Waals surface area contributed by atoms with Gasteiger partial charge in [0.15, 0.2) is 0 Å². The summed E-state index contributed by atoms with van der Waals surface area (Å²) in [5, 5.41) is 3.25. The fraction of sp³-hybridized carbons (Fsp3) is 0.350. The largest absolute Gasteiger partial charge is 0.497 e. The maximum absolute atomic E-state index is 13.2. The fourth-order valence-corrected chi connectivity index (χ4v) is 2.98. The van der Waals surface area contributed by atoms with Gasteiger partial charge in [-0.3, -0.25) is 9.88 Å². The second-order valence-corrected chi connectivity index (χ2v) is 6.33. The van der Waals surface area contributed by atoms with Crippen LogP contribution in [0.4, 0.5) is 10.5 Å². The molecule has 29 heavy (non-hydrogen) atoms. The topological polar surface area (TPSA) is 84.0 Å². The molecule has 0 atom stereocenters. The van der Waals surface area contributed by atoms with Crippen LogP contribution in [0.1, 0.15) is 16.1 Å². The van der Waals surface area contributed by atoms with Gasteiger partial charge in [-0.2, -0.15) is 0 Å². The van der Waals surface area contributed by atoms with Gasteiger partial charge in [-0.15, -0.1) is 12.4 Å². The van der Waals surface area contributed by atoms with Gasteiger partial charge in [-0.1, -0.05) is 0 Å². The Labute approximate surface area is 176 Å². The van der Waals surface area contributed by atoms with E-state index in [2.05, 4.69) is 10.3 Å². The van der Waals surface area contributed by atoms with E-state index in [1.807, 2.05) is 29.2 Å². The lowest BCUT2D eigenvalue weighted by Crippen LogP contribution is -2.51. The van der Waals surface area contributed by atoms with Gasteiger partial charge in [-0.25, -0.2) is 9.59 Å². The van der Waals surface area contributed by atoms with Gasteiger partial charge in [0.25, 0.3) is 0 Å². The van der Waals surface area contributed by atoms with Crippen molar-refractivity contribution in [3.05, 3.63) is 53.9 Å². The molecule has 0 unspecified atom stereocenters. The summed E-state index contributed by atoms with van der Waals surface area (Å²) in [5.41, 5.74) is 1.80. The minimum Gasteiger partial charge on any atom is -0.497 e. The summed E-state index contributed by atoms with van der Waals surface area (Å²) in [6.45, 7) is 3.14. The van der Waals surface area contributed by atoms with Crippen molar-refractivity contribution >= 4 is 30.1 Å². The number of anilines is 1. The summed E-state index contributed by atoms with van der Waals surface area (Å²) >= 11 is 0. The van der Waals surface area contributed by atoms with Crippen molar-refractivity contribution in [2.75, 3.05) is 45.3 Å². The zero-order valence-corrected chi connectivity index (χ0v) is 17.3.